The molecule has 108 valence electrons. The van der Waals surface area contributed by atoms with Crippen molar-refractivity contribution in [2.45, 2.75) is 25.3 Å². The molecule has 4 N–H and O–H groups in total. The summed E-state index contributed by atoms with van der Waals surface area (Å²) in [7, 11) is 0. The van der Waals surface area contributed by atoms with Gasteiger partial charge < -0.3 is 21.1 Å². The number of amides is 2. The average Bonchev–Trinajstić information content (AvgIpc) is 2.44. The zero-order chi connectivity index (χ0) is 14.4. The summed E-state index contributed by atoms with van der Waals surface area (Å²) in [6.45, 7) is 0.954. The molecule has 1 aromatic carbocycles. The standard InChI is InChI=1S/C14H19N3O3/c15-10-3-5-11(6-4-10)20-9-7-13(18)17-12-2-1-8-16-14(12)19/h3-6,12H,1-2,7-9,15H2,(H,16,19)(H,17,18). The van der Waals surface area contributed by atoms with E-state index in [0.29, 0.717) is 24.4 Å². The Morgan fingerprint density at radius 3 is 2.85 bits per heavy atom. The van der Waals surface area contributed by atoms with Gasteiger partial charge in [0, 0.05) is 12.2 Å². The molecule has 20 heavy (non-hydrogen) atoms. The highest BCUT2D eigenvalue weighted by atomic mass is 16.5. The summed E-state index contributed by atoms with van der Waals surface area (Å²) in [5.74, 6) is 0.383. The fourth-order valence-corrected chi connectivity index (χ4v) is 2.00. The molecule has 1 heterocycles. The van der Waals surface area contributed by atoms with Gasteiger partial charge in [-0.2, -0.15) is 0 Å². The fraction of sp³-hybridized carbons (Fsp3) is 0.429. The maximum Gasteiger partial charge on any atom is 0.242 e. The lowest BCUT2D eigenvalue weighted by molar-refractivity contribution is -0.130. The zero-order valence-electron chi connectivity index (χ0n) is 11.2. The highest BCUT2D eigenvalue weighted by Crippen LogP contribution is 2.13. The van der Waals surface area contributed by atoms with Crippen LogP contribution in [0.15, 0.2) is 24.3 Å². The van der Waals surface area contributed by atoms with Crippen LogP contribution in [-0.2, 0) is 9.59 Å². The Morgan fingerprint density at radius 2 is 2.15 bits per heavy atom. The van der Waals surface area contributed by atoms with Crippen LogP contribution >= 0.6 is 0 Å². The molecule has 1 unspecified atom stereocenters. The number of carbonyl (C=O) groups is 2. The van der Waals surface area contributed by atoms with Crippen molar-refractivity contribution in [1.82, 2.24) is 10.6 Å². The van der Waals surface area contributed by atoms with Crippen molar-refractivity contribution in [3.63, 3.8) is 0 Å². The largest absolute Gasteiger partial charge is 0.493 e. The smallest absolute Gasteiger partial charge is 0.242 e. The number of hydrogen-bond acceptors (Lipinski definition) is 4. The van der Waals surface area contributed by atoms with Gasteiger partial charge in [0.15, 0.2) is 0 Å². The summed E-state index contributed by atoms with van der Waals surface area (Å²) in [5.41, 5.74) is 6.23. The second-order valence-corrected chi connectivity index (χ2v) is 4.72. The monoisotopic (exact) mass is 277 g/mol. The number of hydrogen-bond donors (Lipinski definition) is 3. The van der Waals surface area contributed by atoms with E-state index in [1.807, 2.05) is 0 Å². The van der Waals surface area contributed by atoms with E-state index in [1.165, 1.54) is 0 Å². The third-order valence-electron chi connectivity index (χ3n) is 3.10. The first-order chi connectivity index (χ1) is 9.65. The number of anilines is 1. The van der Waals surface area contributed by atoms with Crippen molar-refractivity contribution < 1.29 is 14.3 Å². The Labute approximate surface area is 117 Å². The average molecular weight is 277 g/mol. The first-order valence-electron chi connectivity index (χ1n) is 6.70. The summed E-state index contributed by atoms with van der Waals surface area (Å²) in [6, 6.07) is 6.57. The van der Waals surface area contributed by atoms with Gasteiger partial charge in [-0.1, -0.05) is 0 Å². The SMILES string of the molecule is Nc1ccc(OCCC(=O)NC2CCCNC2=O)cc1. The number of piperidine rings is 1. The number of nitrogens with two attached hydrogens (primary N) is 1. The second-order valence-electron chi connectivity index (χ2n) is 4.72. The minimum atomic E-state index is -0.409. The molecule has 2 amide bonds. The molecule has 0 spiro atoms. The maximum absolute atomic E-state index is 11.7. The van der Waals surface area contributed by atoms with Gasteiger partial charge in [-0.15, -0.1) is 0 Å². The Morgan fingerprint density at radius 1 is 1.40 bits per heavy atom. The number of carbonyl (C=O) groups excluding carboxylic acids is 2. The van der Waals surface area contributed by atoms with E-state index in [4.69, 9.17) is 10.5 Å². The highest BCUT2D eigenvalue weighted by Gasteiger charge is 2.23. The second kappa shape index (κ2) is 6.79. The molecule has 0 aromatic heterocycles. The van der Waals surface area contributed by atoms with Crippen LogP contribution in [0.5, 0.6) is 5.75 Å². The van der Waals surface area contributed by atoms with E-state index in [1.54, 1.807) is 24.3 Å². The van der Waals surface area contributed by atoms with Gasteiger partial charge in [0.2, 0.25) is 11.8 Å². The third-order valence-corrected chi connectivity index (χ3v) is 3.10. The molecule has 1 aromatic rings. The van der Waals surface area contributed by atoms with Crippen LogP contribution in [0.2, 0.25) is 0 Å². The summed E-state index contributed by atoms with van der Waals surface area (Å²) < 4.78 is 5.43. The molecule has 0 aliphatic carbocycles. The van der Waals surface area contributed by atoms with Crippen molar-refractivity contribution in [3.8, 4) is 5.75 Å². The van der Waals surface area contributed by atoms with E-state index in [9.17, 15) is 9.59 Å². The first kappa shape index (κ1) is 14.2. The topological polar surface area (TPSA) is 93.4 Å². The number of benzene rings is 1. The van der Waals surface area contributed by atoms with Crippen molar-refractivity contribution >= 4 is 17.5 Å². The molecule has 1 fully saturated rings. The molecule has 0 bridgehead atoms. The molecule has 0 radical (unpaired) electrons. The Hall–Kier alpha value is -2.24. The zero-order valence-corrected chi connectivity index (χ0v) is 11.2. The van der Waals surface area contributed by atoms with Crippen LogP contribution in [0.1, 0.15) is 19.3 Å². The van der Waals surface area contributed by atoms with Gasteiger partial charge in [-0.3, -0.25) is 9.59 Å². The molecule has 0 saturated carbocycles. The van der Waals surface area contributed by atoms with Crippen molar-refractivity contribution in [2.24, 2.45) is 0 Å². The Bertz CT molecular complexity index is 473. The molecule has 2 rings (SSSR count). The van der Waals surface area contributed by atoms with Gasteiger partial charge in [-0.25, -0.2) is 0 Å². The van der Waals surface area contributed by atoms with Gasteiger partial charge in [-0.05, 0) is 37.1 Å². The van der Waals surface area contributed by atoms with Crippen LogP contribution in [-0.4, -0.2) is 31.0 Å². The Kier molecular flexibility index (Phi) is 4.81. The minimum Gasteiger partial charge on any atom is -0.493 e. The molecular weight excluding hydrogens is 258 g/mol. The van der Waals surface area contributed by atoms with Crippen molar-refractivity contribution in [1.29, 1.82) is 0 Å². The molecule has 1 saturated heterocycles. The van der Waals surface area contributed by atoms with Gasteiger partial charge >= 0.3 is 0 Å². The summed E-state index contributed by atoms with van der Waals surface area (Å²) in [4.78, 5) is 23.2. The lowest BCUT2D eigenvalue weighted by atomic mass is 10.1. The quantitative estimate of drug-likeness (QED) is 0.680. The number of nitrogens with one attached hydrogen (secondary N) is 2. The van der Waals surface area contributed by atoms with Crippen molar-refractivity contribution in [3.05, 3.63) is 24.3 Å². The molecule has 6 nitrogen and oxygen atoms in total. The highest BCUT2D eigenvalue weighted by molar-refractivity contribution is 5.88. The summed E-state index contributed by atoms with van der Waals surface area (Å²) >= 11 is 0. The van der Waals surface area contributed by atoms with Crippen LogP contribution in [0.3, 0.4) is 0 Å². The number of nitrogen functional groups attached to an aromatic ring is 1. The first-order valence-corrected chi connectivity index (χ1v) is 6.70. The molecule has 6 heteroatoms. The third kappa shape index (κ3) is 4.15. The molecule has 1 aliphatic rings. The molecule has 1 aliphatic heterocycles. The molecular formula is C14H19N3O3. The normalized spacial score (nSPS) is 18.2. The summed E-state index contributed by atoms with van der Waals surface area (Å²) in [6.07, 6.45) is 1.79. The van der Waals surface area contributed by atoms with E-state index in [2.05, 4.69) is 10.6 Å². The molecule has 1 atom stereocenters. The van der Waals surface area contributed by atoms with Crippen molar-refractivity contribution in [2.75, 3.05) is 18.9 Å². The predicted octanol–water partition coefficient (Wildman–Crippen LogP) is 0.432. The van der Waals surface area contributed by atoms with E-state index >= 15 is 0 Å². The van der Waals surface area contributed by atoms with E-state index in [-0.39, 0.29) is 24.8 Å². The van der Waals surface area contributed by atoms with Gasteiger partial charge in [0.25, 0.3) is 0 Å². The van der Waals surface area contributed by atoms with E-state index < -0.39 is 6.04 Å². The predicted molar refractivity (Wildman–Crippen MR) is 75.1 cm³/mol. The lowest BCUT2D eigenvalue weighted by Crippen LogP contribution is -2.50. The fourth-order valence-electron chi connectivity index (χ4n) is 2.00. The minimum absolute atomic E-state index is 0.107. The Balaban J connectivity index is 1.69. The number of ether oxygens (including phenoxy) is 1. The lowest BCUT2D eigenvalue weighted by Gasteiger charge is -2.22. The number of rotatable bonds is 5. The maximum atomic E-state index is 11.7. The van der Waals surface area contributed by atoms with Crippen LogP contribution in [0, 0.1) is 0 Å². The van der Waals surface area contributed by atoms with Gasteiger partial charge in [0.05, 0.1) is 13.0 Å². The van der Waals surface area contributed by atoms with Crippen LogP contribution in [0.4, 0.5) is 5.69 Å². The summed E-state index contributed by atoms with van der Waals surface area (Å²) in [5, 5.41) is 5.44. The van der Waals surface area contributed by atoms with E-state index in [0.717, 1.165) is 6.42 Å². The van der Waals surface area contributed by atoms with Gasteiger partial charge in [0.1, 0.15) is 11.8 Å². The van der Waals surface area contributed by atoms with Crippen LogP contribution < -0.4 is 21.1 Å². The van der Waals surface area contributed by atoms with Crippen LogP contribution in [0.25, 0.3) is 0 Å².